The Morgan fingerprint density at radius 1 is 1.06 bits per heavy atom. The molecule has 10 nitrogen and oxygen atoms in total. The van der Waals surface area contributed by atoms with Gasteiger partial charge in [-0.25, -0.2) is 0 Å². The van der Waals surface area contributed by atoms with E-state index in [4.69, 9.17) is 21.4 Å². The molecular formula is C37H48ClN3O7. The number of aliphatic hydroxyl groups excluding tert-OH is 5. The molecule has 0 aliphatic heterocycles. The molecule has 0 spiro atoms. The van der Waals surface area contributed by atoms with Crippen molar-refractivity contribution in [3.63, 3.8) is 0 Å². The Balaban J connectivity index is 1.16. The Morgan fingerprint density at radius 2 is 1.79 bits per heavy atom. The Morgan fingerprint density at radius 3 is 2.50 bits per heavy atom. The summed E-state index contributed by atoms with van der Waals surface area (Å²) >= 11 is 6.69. The first-order chi connectivity index (χ1) is 23.0. The number of aliphatic hydroxyl groups is 5. The lowest BCUT2D eigenvalue weighted by Crippen LogP contribution is -2.49. The number of para-hydroxylation sites is 1. The zero-order valence-electron chi connectivity index (χ0n) is 27.6. The topological polar surface area (TPSA) is 156 Å². The molecule has 2 aliphatic carbocycles. The third kappa shape index (κ3) is 8.92. The fourth-order valence-electron chi connectivity index (χ4n) is 6.11. The third-order valence-electron chi connectivity index (χ3n) is 9.58. The SMILES string of the molecule is C[C@@H](CCCC(=O)N(C)C[C@H](O)[C@@H](O)[C@H](O)[C@H](O)CO)c1ccc(Cl)c(CNC2(c3cnccc3-c3ccccc3OC3CC3)CC2)c1. The summed E-state index contributed by atoms with van der Waals surface area (Å²) in [7, 11) is 1.51. The standard InChI is InChI=1S/C37H48ClN3O7/c1-23(6-5-9-34(45)41(2)21-31(43)35(46)36(47)32(44)22-42)24-10-13-30(38)25(18-24)19-40-37(15-16-37)29-20-39-17-14-27(29)28-7-3-4-8-33(28)48-26-11-12-26/h3-4,7-8,10,13-14,17-18,20,23,26,31-32,35-36,40,42-44,46-47H,5-6,9,11-12,15-16,19,21-22H2,1-2H3/t23-,31-,32+,35+,36+/m0/s1. The maximum absolute atomic E-state index is 12.7. The van der Waals surface area contributed by atoms with E-state index in [-0.39, 0.29) is 30.3 Å². The molecule has 0 saturated heterocycles. The number of rotatable bonds is 18. The summed E-state index contributed by atoms with van der Waals surface area (Å²) in [6.45, 7) is 1.73. The highest BCUT2D eigenvalue weighted by atomic mass is 35.5. The number of carbonyl (C=O) groups is 1. The van der Waals surface area contributed by atoms with Gasteiger partial charge in [0.1, 0.15) is 30.2 Å². The van der Waals surface area contributed by atoms with E-state index in [1.54, 1.807) is 0 Å². The van der Waals surface area contributed by atoms with Gasteiger partial charge in [0, 0.05) is 55.1 Å². The molecule has 5 rings (SSSR count). The number of carbonyl (C=O) groups excluding carboxylic acids is 1. The Hall–Kier alpha value is -3.09. The first-order valence-electron chi connectivity index (χ1n) is 16.8. The van der Waals surface area contributed by atoms with Crippen LogP contribution in [-0.4, -0.2) is 92.0 Å². The lowest BCUT2D eigenvalue weighted by Gasteiger charge is -2.28. The van der Waals surface area contributed by atoms with Crippen LogP contribution < -0.4 is 10.1 Å². The molecule has 5 atom stereocenters. The number of ether oxygens (including phenoxy) is 1. The molecule has 1 aromatic heterocycles. The summed E-state index contributed by atoms with van der Waals surface area (Å²) in [6, 6.07) is 16.4. The average molecular weight is 682 g/mol. The zero-order chi connectivity index (χ0) is 34.4. The van der Waals surface area contributed by atoms with E-state index in [1.165, 1.54) is 11.9 Å². The maximum atomic E-state index is 12.7. The number of halogens is 1. The molecule has 1 amide bonds. The highest BCUT2D eigenvalue weighted by Gasteiger charge is 2.46. The summed E-state index contributed by atoms with van der Waals surface area (Å²) in [5.41, 5.74) is 5.31. The summed E-state index contributed by atoms with van der Waals surface area (Å²) in [6.07, 6.45) is 3.40. The fraction of sp³-hybridized carbons (Fsp3) is 0.514. The molecule has 260 valence electrons. The van der Waals surface area contributed by atoms with Crippen molar-refractivity contribution in [3.05, 3.63) is 82.6 Å². The van der Waals surface area contributed by atoms with Crippen LogP contribution in [0, 0.1) is 0 Å². The van der Waals surface area contributed by atoms with Crippen LogP contribution in [0.3, 0.4) is 0 Å². The first-order valence-corrected chi connectivity index (χ1v) is 17.2. The van der Waals surface area contributed by atoms with Crippen molar-refractivity contribution in [2.24, 2.45) is 0 Å². The van der Waals surface area contributed by atoms with Gasteiger partial charge in [0.15, 0.2) is 0 Å². The van der Waals surface area contributed by atoms with Crippen molar-refractivity contribution in [2.45, 2.75) is 100 Å². The quantitative estimate of drug-likeness (QED) is 0.117. The van der Waals surface area contributed by atoms with Gasteiger partial charge in [0.05, 0.1) is 12.7 Å². The largest absolute Gasteiger partial charge is 0.490 e. The van der Waals surface area contributed by atoms with E-state index in [0.717, 1.165) is 65.7 Å². The second-order valence-corrected chi connectivity index (χ2v) is 13.8. The monoisotopic (exact) mass is 681 g/mol. The van der Waals surface area contributed by atoms with Gasteiger partial charge in [-0.2, -0.15) is 0 Å². The minimum Gasteiger partial charge on any atom is -0.490 e. The van der Waals surface area contributed by atoms with Crippen LogP contribution in [0.15, 0.2) is 60.9 Å². The van der Waals surface area contributed by atoms with E-state index in [9.17, 15) is 25.2 Å². The normalized spacial score (nSPS) is 18.4. The van der Waals surface area contributed by atoms with Crippen LogP contribution in [0.25, 0.3) is 11.1 Å². The Kier molecular flexibility index (Phi) is 12.1. The summed E-state index contributed by atoms with van der Waals surface area (Å²) < 4.78 is 6.25. The van der Waals surface area contributed by atoms with Crippen LogP contribution in [-0.2, 0) is 16.9 Å². The molecule has 0 bridgehead atoms. The number of hydrogen-bond acceptors (Lipinski definition) is 9. The number of likely N-dealkylation sites (N-methyl/N-ethyl adjacent to an activating group) is 1. The van der Waals surface area contributed by atoms with E-state index in [1.807, 2.05) is 42.7 Å². The molecule has 1 heterocycles. The van der Waals surface area contributed by atoms with Crippen molar-refractivity contribution < 1.29 is 35.1 Å². The van der Waals surface area contributed by atoms with E-state index < -0.39 is 31.0 Å². The van der Waals surface area contributed by atoms with Gasteiger partial charge in [-0.1, -0.05) is 48.9 Å². The number of amides is 1. The molecule has 2 saturated carbocycles. The molecule has 2 aliphatic rings. The summed E-state index contributed by atoms with van der Waals surface area (Å²) in [5.74, 6) is 0.870. The van der Waals surface area contributed by atoms with E-state index in [2.05, 4.69) is 35.4 Å². The van der Waals surface area contributed by atoms with Gasteiger partial charge in [0.25, 0.3) is 0 Å². The Bertz CT molecular complexity index is 1530. The molecule has 11 heteroatoms. The van der Waals surface area contributed by atoms with Gasteiger partial charge in [-0.15, -0.1) is 0 Å². The highest BCUT2D eigenvalue weighted by molar-refractivity contribution is 6.31. The number of aromatic nitrogens is 1. The summed E-state index contributed by atoms with van der Waals surface area (Å²) in [5, 5.41) is 53.1. The molecule has 0 unspecified atom stereocenters. The van der Waals surface area contributed by atoms with E-state index in [0.29, 0.717) is 24.1 Å². The molecule has 3 aromatic rings. The predicted octanol–water partition coefficient (Wildman–Crippen LogP) is 3.89. The van der Waals surface area contributed by atoms with Crippen molar-refractivity contribution in [1.82, 2.24) is 15.2 Å². The highest BCUT2D eigenvalue weighted by Crippen LogP contribution is 2.50. The molecule has 2 aromatic carbocycles. The second-order valence-electron chi connectivity index (χ2n) is 13.4. The summed E-state index contributed by atoms with van der Waals surface area (Å²) in [4.78, 5) is 18.5. The predicted molar refractivity (Wildman–Crippen MR) is 184 cm³/mol. The fourth-order valence-corrected chi connectivity index (χ4v) is 6.29. The average Bonchev–Trinajstić information content (AvgIpc) is 4.04. The maximum Gasteiger partial charge on any atom is 0.222 e. The van der Waals surface area contributed by atoms with Crippen LogP contribution in [0.5, 0.6) is 5.75 Å². The lowest BCUT2D eigenvalue weighted by molar-refractivity contribution is -0.138. The van der Waals surface area contributed by atoms with Gasteiger partial charge in [0.2, 0.25) is 5.91 Å². The zero-order valence-corrected chi connectivity index (χ0v) is 28.4. The minimum atomic E-state index is -1.73. The first kappa shape index (κ1) is 36.2. The van der Waals surface area contributed by atoms with E-state index >= 15 is 0 Å². The van der Waals surface area contributed by atoms with Crippen LogP contribution in [0.2, 0.25) is 5.02 Å². The number of nitrogens with one attached hydrogen (secondary N) is 1. The molecule has 0 radical (unpaired) electrons. The van der Waals surface area contributed by atoms with Crippen molar-refractivity contribution in [3.8, 4) is 16.9 Å². The van der Waals surface area contributed by atoms with Crippen molar-refractivity contribution >= 4 is 17.5 Å². The van der Waals surface area contributed by atoms with Crippen molar-refractivity contribution in [1.29, 1.82) is 0 Å². The number of nitrogens with zero attached hydrogens (tertiary/aromatic N) is 2. The molecule has 2 fully saturated rings. The molecule has 48 heavy (non-hydrogen) atoms. The number of hydrogen-bond donors (Lipinski definition) is 6. The van der Waals surface area contributed by atoms with Gasteiger partial charge in [-0.3, -0.25) is 9.78 Å². The van der Waals surface area contributed by atoms with Gasteiger partial charge in [-0.05, 0) is 84.9 Å². The van der Waals surface area contributed by atoms with Crippen molar-refractivity contribution in [2.75, 3.05) is 20.2 Å². The van der Waals surface area contributed by atoms with Crippen LogP contribution in [0.4, 0.5) is 0 Å². The third-order valence-corrected chi connectivity index (χ3v) is 9.95. The second kappa shape index (κ2) is 16.1. The van der Waals surface area contributed by atoms with Crippen LogP contribution >= 0.6 is 11.6 Å². The van der Waals surface area contributed by atoms with Gasteiger partial charge < -0.3 is 40.5 Å². The molecule has 6 N–H and O–H groups in total. The van der Waals surface area contributed by atoms with Gasteiger partial charge >= 0.3 is 0 Å². The molecular weight excluding hydrogens is 634 g/mol. The minimum absolute atomic E-state index is 0.171. The Labute approximate surface area is 287 Å². The smallest absolute Gasteiger partial charge is 0.222 e. The number of pyridine rings is 1. The lowest BCUT2D eigenvalue weighted by atomic mass is 9.93. The number of benzene rings is 2. The van der Waals surface area contributed by atoms with Crippen LogP contribution in [0.1, 0.15) is 74.5 Å².